The van der Waals surface area contributed by atoms with Crippen LogP contribution in [-0.4, -0.2) is 9.97 Å². The highest BCUT2D eigenvalue weighted by molar-refractivity contribution is 7.21. The minimum absolute atomic E-state index is 0.475. The molecule has 0 radical (unpaired) electrons. The van der Waals surface area contributed by atoms with E-state index in [0.717, 1.165) is 32.2 Å². The van der Waals surface area contributed by atoms with Crippen molar-refractivity contribution in [2.45, 2.75) is 20.4 Å². The van der Waals surface area contributed by atoms with Crippen molar-refractivity contribution in [3.8, 4) is 10.6 Å². The number of fused-ring (bicyclic) bond motifs is 1. The van der Waals surface area contributed by atoms with Crippen molar-refractivity contribution in [2.24, 2.45) is 5.73 Å². The fourth-order valence-electron chi connectivity index (χ4n) is 1.78. The van der Waals surface area contributed by atoms with E-state index in [1.165, 1.54) is 0 Å². The van der Waals surface area contributed by atoms with Crippen molar-refractivity contribution >= 4 is 27.4 Å². The average Bonchev–Trinajstić information content (AvgIpc) is 2.92. The lowest BCUT2D eigenvalue weighted by Crippen LogP contribution is -1.96. The van der Waals surface area contributed by atoms with Crippen molar-refractivity contribution in [3.63, 3.8) is 0 Å². The van der Waals surface area contributed by atoms with E-state index in [-0.39, 0.29) is 0 Å². The summed E-state index contributed by atoms with van der Waals surface area (Å²) in [4.78, 5) is 9.84. The highest BCUT2D eigenvalue weighted by atomic mass is 32.1. The van der Waals surface area contributed by atoms with Gasteiger partial charge in [-0.05, 0) is 23.8 Å². The van der Waals surface area contributed by atoms with Crippen LogP contribution in [0.25, 0.3) is 20.9 Å². The van der Waals surface area contributed by atoms with Gasteiger partial charge in [0.05, 0.1) is 0 Å². The number of anilines is 1. The van der Waals surface area contributed by atoms with Gasteiger partial charge in [-0.15, -0.1) is 0 Å². The molecule has 3 rings (SSSR count). The maximum absolute atomic E-state index is 5.96. The van der Waals surface area contributed by atoms with Crippen LogP contribution < -0.4 is 11.5 Å². The van der Waals surface area contributed by atoms with E-state index in [1.54, 1.807) is 17.5 Å². The van der Waals surface area contributed by atoms with E-state index in [0.29, 0.717) is 6.54 Å². The predicted octanol–water partition coefficient (Wildman–Crippen LogP) is 3.43. The topological polar surface area (TPSA) is 77.8 Å². The number of para-hydroxylation sites is 1. The molecule has 0 amide bonds. The van der Waals surface area contributed by atoms with E-state index in [2.05, 4.69) is 9.97 Å². The summed E-state index contributed by atoms with van der Waals surface area (Å²) in [6.45, 7) is 4.48. The smallest absolute Gasteiger partial charge is 0.143 e. The predicted molar refractivity (Wildman–Crippen MR) is 86.5 cm³/mol. The molecule has 0 atom stereocenters. The first-order valence-electron chi connectivity index (χ1n) is 6.58. The van der Waals surface area contributed by atoms with Crippen molar-refractivity contribution < 1.29 is 0 Å². The molecule has 0 saturated carbocycles. The van der Waals surface area contributed by atoms with Gasteiger partial charge in [-0.3, -0.25) is 0 Å². The minimum Gasteiger partial charge on any atom is -0.398 e. The maximum atomic E-state index is 5.96. The molecule has 3 aromatic rings. The molecule has 2 heterocycles. The van der Waals surface area contributed by atoms with Crippen LogP contribution in [0.5, 0.6) is 0 Å². The van der Waals surface area contributed by atoms with Gasteiger partial charge in [0, 0.05) is 24.0 Å². The zero-order valence-electron chi connectivity index (χ0n) is 11.6. The number of nitrogens with zero attached hydrogens (tertiary/aromatic N) is 2. The van der Waals surface area contributed by atoms with E-state index in [9.17, 15) is 0 Å². The number of aromatic nitrogens is 2. The lowest BCUT2D eigenvalue weighted by Gasteiger charge is -1.99. The van der Waals surface area contributed by atoms with E-state index in [1.807, 2.05) is 44.2 Å². The molecule has 0 spiro atoms. The van der Waals surface area contributed by atoms with Gasteiger partial charge in [-0.1, -0.05) is 37.3 Å². The van der Waals surface area contributed by atoms with Gasteiger partial charge in [0.15, 0.2) is 0 Å². The molecule has 0 fully saturated rings. The summed E-state index contributed by atoms with van der Waals surface area (Å²) >= 11 is 1.54. The van der Waals surface area contributed by atoms with Crippen LogP contribution in [0.3, 0.4) is 0 Å². The van der Waals surface area contributed by atoms with Gasteiger partial charge in [0.2, 0.25) is 0 Å². The Bertz CT molecular complexity index is 706. The molecule has 0 saturated heterocycles. The molecule has 5 heteroatoms. The van der Waals surface area contributed by atoms with Gasteiger partial charge < -0.3 is 11.5 Å². The molecule has 0 aliphatic rings. The van der Waals surface area contributed by atoms with E-state index >= 15 is 0 Å². The second-order valence-electron chi connectivity index (χ2n) is 3.98. The number of hydrogen-bond donors (Lipinski definition) is 2. The number of hydrogen-bond acceptors (Lipinski definition) is 5. The molecular weight excluding hydrogens is 268 g/mol. The minimum atomic E-state index is 0.475. The highest BCUT2D eigenvalue weighted by Crippen LogP contribution is 2.32. The molecule has 0 aliphatic heterocycles. The van der Waals surface area contributed by atoms with Crippen molar-refractivity contribution in [2.75, 3.05) is 5.73 Å². The van der Waals surface area contributed by atoms with Gasteiger partial charge in [-0.2, -0.15) is 0 Å². The molecule has 1 aromatic carbocycles. The third-order valence-corrected chi connectivity index (χ3v) is 3.74. The molecular formula is C15H18N4S. The van der Waals surface area contributed by atoms with Gasteiger partial charge in [0.1, 0.15) is 15.4 Å². The standard InChI is InChI=1S/C13H12N4S.C2H6/c14-6-8-5-11-13(16-7-8)18-12(17-11)9-3-1-2-4-10(9)15;1-2/h1-5,7H,6,14-15H2;1-2H3. The normalized spacial score (nSPS) is 10.2. The Kier molecular flexibility index (Phi) is 4.65. The quantitative estimate of drug-likeness (QED) is 0.707. The zero-order valence-corrected chi connectivity index (χ0v) is 12.4. The van der Waals surface area contributed by atoms with Crippen molar-refractivity contribution in [3.05, 3.63) is 42.1 Å². The van der Waals surface area contributed by atoms with Crippen LogP contribution in [0.1, 0.15) is 19.4 Å². The second-order valence-corrected chi connectivity index (χ2v) is 4.96. The van der Waals surface area contributed by atoms with Gasteiger partial charge in [-0.25, -0.2) is 9.97 Å². The Morgan fingerprint density at radius 2 is 1.95 bits per heavy atom. The Labute approximate surface area is 122 Å². The lowest BCUT2D eigenvalue weighted by atomic mass is 10.2. The Balaban J connectivity index is 0.000000704. The monoisotopic (exact) mass is 286 g/mol. The Morgan fingerprint density at radius 3 is 2.65 bits per heavy atom. The largest absolute Gasteiger partial charge is 0.398 e. The Hall–Kier alpha value is -1.98. The van der Waals surface area contributed by atoms with Crippen LogP contribution in [0.4, 0.5) is 5.69 Å². The van der Waals surface area contributed by atoms with Crippen molar-refractivity contribution in [1.29, 1.82) is 0 Å². The van der Waals surface area contributed by atoms with Crippen LogP contribution >= 0.6 is 11.3 Å². The molecule has 0 bridgehead atoms. The van der Waals surface area contributed by atoms with E-state index < -0.39 is 0 Å². The fourth-order valence-corrected chi connectivity index (χ4v) is 2.72. The maximum Gasteiger partial charge on any atom is 0.143 e. The number of rotatable bonds is 2. The van der Waals surface area contributed by atoms with E-state index in [4.69, 9.17) is 11.5 Å². The molecule has 0 unspecified atom stereocenters. The first-order valence-corrected chi connectivity index (χ1v) is 7.40. The summed E-state index contributed by atoms with van der Waals surface area (Å²) in [6.07, 6.45) is 1.79. The van der Waals surface area contributed by atoms with Gasteiger partial charge in [0.25, 0.3) is 0 Å². The number of thiazole rings is 1. The first kappa shape index (κ1) is 14.4. The molecule has 104 valence electrons. The summed E-state index contributed by atoms with van der Waals surface area (Å²) in [6, 6.07) is 9.69. The lowest BCUT2D eigenvalue weighted by molar-refractivity contribution is 1.06. The summed E-state index contributed by atoms with van der Waals surface area (Å²) in [5.41, 5.74) is 15.1. The molecule has 4 N–H and O–H groups in total. The van der Waals surface area contributed by atoms with Gasteiger partial charge >= 0.3 is 0 Å². The number of pyridine rings is 1. The first-order chi connectivity index (χ1) is 9.78. The van der Waals surface area contributed by atoms with Crippen LogP contribution in [0.15, 0.2) is 36.5 Å². The molecule has 0 aliphatic carbocycles. The van der Waals surface area contributed by atoms with Crippen molar-refractivity contribution in [1.82, 2.24) is 9.97 Å². The highest BCUT2D eigenvalue weighted by Gasteiger charge is 2.09. The van der Waals surface area contributed by atoms with Crippen LogP contribution in [-0.2, 0) is 6.54 Å². The SMILES string of the molecule is CC.NCc1cnc2sc(-c3ccccc3N)nc2c1. The summed E-state index contributed by atoms with van der Waals surface area (Å²) in [5.74, 6) is 0. The fraction of sp³-hybridized carbons (Fsp3) is 0.200. The number of benzene rings is 1. The third-order valence-electron chi connectivity index (χ3n) is 2.73. The number of nitrogen functional groups attached to an aromatic ring is 1. The second kappa shape index (κ2) is 6.45. The third kappa shape index (κ3) is 2.79. The summed E-state index contributed by atoms with van der Waals surface area (Å²) < 4.78 is 0. The summed E-state index contributed by atoms with van der Waals surface area (Å²) in [7, 11) is 0. The van der Waals surface area contributed by atoms with Crippen LogP contribution in [0, 0.1) is 0 Å². The average molecular weight is 286 g/mol. The number of nitrogens with two attached hydrogens (primary N) is 2. The molecule has 4 nitrogen and oxygen atoms in total. The summed E-state index contributed by atoms with van der Waals surface area (Å²) in [5, 5.41) is 0.893. The molecule has 20 heavy (non-hydrogen) atoms. The van der Waals surface area contributed by atoms with Crippen LogP contribution in [0.2, 0.25) is 0 Å². The zero-order chi connectivity index (χ0) is 14.5. The molecule has 2 aromatic heterocycles. The Morgan fingerprint density at radius 1 is 1.20 bits per heavy atom.